The van der Waals surface area contributed by atoms with Crippen LogP contribution in [0.2, 0.25) is 5.28 Å². The molecular weight excluding hydrogens is 966 g/mol. The highest BCUT2D eigenvalue weighted by atomic mass is 35.5. The van der Waals surface area contributed by atoms with Crippen molar-refractivity contribution in [1.82, 2.24) is 24.9 Å². The number of aromatic nitrogens is 5. The summed E-state index contributed by atoms with van der Waals surface area (Å²) in [6.07, 6.45) is -1.61. The minimum Gasteiger partial charge on any atom is -0.505 e. The largest absolute Gasteiger partial charge is 0.505 e. The van der Waals surface area contributed by atoms with E-state index in [1.54, 1.807) is 0 Å². The SMILES string of the molecule is CN(CCS(=O)(=O)CCOS(=O)(=O)O)c1nc(Cl)nc(Nc2ccc(S(=O)(=O)O)c(N=Nc3c(S(=O)(=O)O)cc4cc(S(=O)(=O)O)cc(Nc5cc(F)nc(F)n5)c4c3O)c2)n1. The lowest BCUT2D eigenvalue weighted by Crippen LogP contribution is -2.29. The van der Waals surface area contributed by atoms with Crippen molar-refractivity contribution in [2.45, 2.75) is 14.7 Å². The highest BCUT2D eigenvalue weighted by Gasteiger charge is 2.27. The van der Waals surface area contributed by atoms with Crippen molar-refractivity contribution in [3.63, 3.8) is 0 Å². The number of phenols is 1. The minimum absolute atomic E-state index is 0.157. The van der Waals surface area contributed by atoms with E-state index in [1.165, 1.54) is 11.9 Å². The van der Waals surface area contributed by atoms with E-state index in [0.29, 0.717) is 24.3 Å². The van der Waals surface area contributed by atoms with Crippen LogP contribution in [-0.4, -0.2) is 122 Å². The van der Waals surface area contributed by atoms with E-state index in [9.17, 15) is 69.6 Å². The molecule has 0 fully saturated rings. The number of nitrogens with one attached hydrogen (secondary N) is 2. The average molecular weight is 991 g/mol. The van der Waals surface area contributed by atoms with Gasteiger partial charge in [-0.05, 0) is 53.4 Å². The number of nitrogens with zero attached hydrogens (tertiary/aromatic N) is 8. The zero-order valence-corrected chi connectivity index (χ0v) is 35.2. The third-order valence-corrected chi connectivity index (χ3v) is 12.5. The molecule has 0 unspecified atom stereocenters. The van der Waals surface area contributed by atoms with E-state index >= 15 is 0 Å². The molecule has 2 heterocycles. The van der Waals surface area contributed by atoms with Crippen LogP contribution in [0.15, 0.2) is 67.4 Å². The van der Waals surface area contributed by atoms with Crippen molar-refractivity contribution in [3.8, 4) is 5.75 Å². The molecule has 334 valence electrons. The van der Waals surface area contributed by atoms with Gasteiger partial charge in [-0.3, -0.25) is 18.2 Å². The fraction of sp³-hybridized carbons (Fsp3) is 0.179. The van der Waals surface area contributed by atoms with E-state index in [2.05, 4.69) is 50.0 Å². The molecule has 7 N–H and O–H groups in total. The van der Waals surface area contributed by atoms with Crippen LogP contribution in [0.25, 0.3) is 10.8 Å². The monoisotopic (exact) mass is 990 g/mol. The lowest BCUT2D eigenvalue weighted by Gasteiger charge is -2.18. The first-order chi connectivity index (χ1) is 28.5. The van der Waals surface area contributed by atoms with E-state index < -0.39 is 140 Å². The molecule has 3 aromatic carbocycles. The topological polar surface area (TPSA) is 398 Å². The molecule has 0 saturated heterocycles. The predicted molar refractivity (Wildman–Crippen MR) is 208 cm³/mol. The van der Waals surface area contributed by atoms with Gasteiger partial charge in [0, 0.05) is 30.7 Å². The molecule has 5 rings (SSSR count). The summed E-state index contributed by atoms with van der Waals surface area (Å²) in [4.78, 5) is 15.9. The van der Waals surface area contributed by atoms with Gasteiger partial charge in [-0.2, -0.15) is 67.4 Å². The van der Waals surface area contributed by atoms with E-state index in [1.807, 2.05) is 0 Å². The fourth-order valence-corrected chi connectivity index (χ4v) is 8.48. The lowest BCUT2D eigenvalue weighted by molar-refractivity contribution is 0.284. The Morgan fingerprint density at radius 3 is 2.06 bits per heavy atom. The van der Waals surface area contributed by atoms with Crippen LogP contribution in [-0.2, 0) is 54.8 Å². The summed E-state index contributed by atoms with van der Waals surface area (Å²) in [5.74, 6) is -5.34. The Kier molecular flexibility index (Phi) is 13.6. The predicted octanol–water partition coefficient (Wildman–Crippen LogP) is 2.77. The number of halogens is 3. The molecule has 0 atom stereocenters. The van der Waals surface area contributed by atoms with Gasteiger partial charge in [-0.15, -0.1) is 10.2 Å². The second-order valence-electron chi connectivity index (χ2n) is 12.1. The number of phenolic OH excluding ortho intramolecular Hbond substituents is 1. The Labute approximate surface area is 352 Å². The highest BCUT2D eigenvalue weighted by Crippen LogP contribution is 2.46. The molecule has 5 aromatic rings. The van der Waals surface area contributed by atoms with Gasteiger partial charge < -0.3 is 20.6 Å². The van der Waals surface area contributed by atoms with Crippen molar-refractivity contribution in [2.75, 3.05) is 47.2 Å². The molecule has 0 aliphatic carbocycles. The molecule has 62 heavy (non-hydrogen) atoms. The number of aromatic hydroxyl groups is 1. The number of hydrogen-bond donors (Lipinski definition) is 7. The molecule has 0 aliphatic rings. The second kappa shape index (κ2) is 17.7. The smallest absolute Gasteiger partial charge is 0.397 e. The van der Waals surface area contributed by atoms with Gasteiger partial charge in [0.1, 0.15) is 27.0 Å². The number of rotatable bonds is 17. The van der Waals surface area contributed by atoms with Crippen LogP contribution < -0.4 is 15.5 Å². The summed E-state index contributed by atoms with van der Waals surface area (Å²) >= 11 is 6.03. The molecule has 0 spiro atoms. The quantitative estimate of drug-likeness (QED) is 0.0305. The van der Waals surface area contributed by atoms with Gasteiger partial charge in [0.25, 0.3) is 30.4 Å². The summed E-state index contributed by atoms with van der Waals surface area (Å²) in [7, 11) is -23.3. The van der Waals surface area contributed by atoms with Crippen molar-refractivity contribution in [3.05, 3.63) is 59.8 Å². The van der Waals surface area contributed by atoms with Gasteiger partial charge in [-0.25, -0.2) is 12.6 Å². The van der Waals surface area contributed by atoms with Gasteiger partial charge in [-0.1, -0.05) is 0 Å². The number of sulfone groups is 1. The number of benzene rings is 3. The standard InChI is InChI=1S/C28H25ClF2N10O16S5/c1-41(4-6-58(43,44)7-5-57-62(54,55)56)28-37-25(29)36-27(38-28)32-14-2-3-18(60(48,49)50)16(10-14)39-40-23-19(61(51,52)53)9-13-8-15(59(45,46)47)11-17(22(13)24(23)42)33-21-12-20(30)34-26(31)35-21/h2-3,8-12,42H,4-7H2,1H3,(H,33,34,35)(H,45,46,47)(H,48,49,50)(H,51,52,53)(H,54,55,56)(H,32,36,37,38). The second-order valence-corrected chi connectivity index (χ2v) is 20.0. The highest BCUT2D eigenvalue weighted by molar-refractivity contribution is 7.91. The molecule has 2 aromatic heterocycles. The third-order valence-electron chi connectivity index (χ3n) is 7.68. The first-order valence-corrected chi connectivity index (χ1v) is 23.9. The molecule has 26 nitrogen and oxygen atoms in total. The van der Waals surface area contributed by atoms with E-state index in [-0.39, 0.29) is 24.1 Å². The summed E-state index contributed by atoms with van der Waals surface area (Å²) in [6.45, 7) is -1.17. The zero-order chi connectivity index (χ0) is 46.2. The van der Waals surface area contributed by atoms with Crippen LogP contribution in [0, 0.1) is 12.0 Å². The molecule has 34 heteroatoms. The Morgan fingerprint density at radius 1 is 0.774 bits per heavy atom. The van der Waals surface area contributed by atoms with E-state index in [0.717, 1.165) is 18.2 Å². The summed E-state index contributed by atoms with van der Waals surface area (Å²) in [6, 6.07) is 4.97. The van der Waals surface area contributed by atoms with Crippen LogP contribution in [0.3, 0.4) is 0 Å². The molecule has 0 radical (unpaired) electrons. The Hall–Kier alpha value is -5.49. The third kappa shape index (κ3) is 12.3. The van der Waals surface area contributed by atoms with Crippen LogP contribution in [0.4, 0.5) is 49.2 Å². The van der Waals surface area contributed by atoms with Crippen LogP contribution in [0.1, 0.15) is 0 Å². The molecular formula is C28H25ClF2N10O16S5. The van der Waals surface area contributed by atoms with Gasteiger partial charge >= 0.3 is 16.5 Å². The maximum Gasteiger partial charge on any atom is 0.397 e. The van der Waals surface area contributed by atoms with Crippen LogP contribution >= 0.6 is 11.6 Å². The molecule has 0 amide bonds. The van der Waals surface area contributed by atoms with Gasteiger partial charge in [0.2, 0.25) is 23.1 Å². The molecule has 0 saturated carbocycles. The Balaban J connectivity index is 1.56. The number of anilines is 5. The number of azo groups is 1. The number of hydrogen-bond acceptors (Lipinski definition) is 22. The van der Waals surface area contributed by atoms with Crippen LogP contribution in [0.5, 0.6) is 5.75 Å². The fourth-order valence-electron chi connectivity index (χ4n) is 5.03. The Bertz CT molecular complexity index is 3210. The minimum atomic E-state index is -5.46. The van der Waals surface area contributed by atoms with Crippen molar-refractivity contribution < 1.29 is 78.4 Å². The number of fused-ring (bicyclic) bond motifs is 1. The van der Waals surface area contributed by atoms with Gasteiger partial charge in [0.15, 0.2) is 15.6 Å². The maximum atomic E-state index is 13.9. The average Bonchev–Trinajstić information content (AvgIpc) is 3.10. The lowest BCUT2D eigenvalue weighted by atomic mass is 10.1. The van der Waals surface area contributed by atoms with Crippen molar-refractivity contribution in [2.24, 2.45) is 10.2 Å². The van der Waals surface area contributed by atoms with Crippen molar-refractivity contribution in [1.29, 1.82) is 0 Å². The summed E-state index contributed by atoms with van der Waals surface area (Å²) in [5.41, 5.74) is -2.74. The Morgan fingerprint density at radius 2 is 1.45 bits per heavy atom. The van der Waals surface area contributed by atoms with Gasteiger partial charge in [0.05, 0.1) is 28.7 Å². The van der Waals surface area contributed by atoms with E-state index in [4.69, 9.17) is 16.2 Å². The van der Waals surface area contributed by atoms with Crippen molar-refractivity contribution >= 4 is 113 Å². The first kappa shape index (κ1) is 47.6. The molecule has 0 aliphatic heterocycles. The normalized spacial score (nSPS) is 12.8. The summed E-state index contributed by atoms with van der Waals surface area (Å²) in [5, 5.41) is 21.9. The first-order valence-electron chi connectivity index (χ1n) is 16.0. The molecule has 0 bridgehead atoms. The zero-order valence-electron chi connectivity index (χ0n) is 30.3. The summed E-state index contributed by atoms with van der Waals surface area (Å²) < 4.78 is 190. The maximum absolute atomic E-state index is 13.9.